The summed E-state index contributed by atoms with van der Waals surface area (Å²) in [7, 11) is 1.76. The summed E-state index contributed by atoms with van der Waals surface area (Å²) in [6.07, 6.45) is 0. The summed E-state index contributed by atoms with van der Waals surface area (Å²) >= 11 is 0. The fraction of sp³-hybridized carbons (Fsp3) is 0.667. The van der Waals surface area contributed by atoms with E-state index in [1.165, 1.54) is 0 Å². The number of rotatable bonds is 1. The van der Waals surface area contributed by atoms with Crippen molar-refractivity contribution >= 4 is 5.84 Å². The van der Waals surface area contributed by atoms with Crippen molar-refractivity contribution in [1.82, 2.24) is 5.43 Å². The van der Waals surface area contributed by atoms with Gasteiger partial charge >= 0.3 is 0 Å². The van der Waals surface area contributed by atoms with Gasteiger partial charge < -0.3 is 0 Å². The highest BCUT2D eigenvalue weighted by Crippen LogP contribution is 1.26. The van der Waals surface area contributed by atoms with Gasteiger partial charge in [-0.1, -0.05) is 0 Å². The molecule has 0 aliphatic heterocycles. The van der Waals surface area contributed by atoms with Gasteiger partial charge in [-0.05, 0) is 0 Å². The van der Waals surface area contributed by atoms with Gasteiger partial charge in [-0.2, -0.15) is 5.10 Å². The van der Waals surface area contributed by atoms with Crippen LogP contribution < -0.4 is 16.3 Å². The molecule has 3 nitrogen and oxygen atoms in total. The van der Waals surface area contributed by atoms with Gasteiger partial charge in [0, 0.05) is 14.0 Å². The molecule has 0 spiro atoms. The van der Waals surface area contributed by atoms with Crippen LogP contribution in [0.1, 0.15) is 6.92 Å². The number of nitrogens with one attached hydrogen (secondary N) is 2. The summed E-state index contributed by atoms with van der Waals surface area (Å²) in [5, 5.41) is 2.65. The molecule has 0 rings (SSSR count). The van der Waals surface area contributed by atoms with Crippen molar-refractivity contribution in [2.24, 2.45) is 5.73 Å². The minimum absolute atomic E-state index is 0.678. The molecule has 36 valence electrons. The lowest BCUT2D eigenvalue weighted by Gasteiger charge is -1.79. The Balaban J connectivity index is 3.14. The molecule has 0 aliphatic rings. The Bertz CT molecular complexity index is 53.1. The van der Waals surface area contributed by atoms with Crippen LogP contribution in [0.5, 0.6) is 0 Å². The molecule has 0 fully saturated rings. The predicted molar refractivity (Wildman–Crippen MR) is 24.9 cm³/mol. The van der Waals surface area contributed by atoms with E-state index >= 15 is 0 Å². The number of amidine groups is 1. The highest BCUT2D eigenvalue weighted by molar-refractivity contribution is 5.70. The molecule has 0 aromatic rings. The van der Waals surface area contributed by atoms with Crippen LogP contribution in [-0.2, 0) is 0 Å². The fourth-order valence-corrected chi connectivity index (χ4v) is 0.197. The molecule has 4 N–H and O–H groups in total. The maximum absolute atomic E-state index is 5.15. The molecule has 0 amide bonds. The Morgan fingerprint density at radius 2 is 2.33 bits per heavy atom. The molecule has 0 bridgehead atoms. The van der Waals surface area contributed by atoms with Crippen molar-refractivity contribution in [2.45, 2.75) is 6.92 Å². The summed E-state index contributed by atoms with van der Waals surface area (Å²) < 4.78 is 0. The topological polar surface area (TPSA) is 52.0 Å². The first-order valence-corrected chi connectivity index (χ1v) is 1.79. The van der Waals surface area contributed by atoms with Crippen LogP contribution in [-0.4, -0.2) is 12.9 Å². The van der Waals surface area contributed by atoms with Crippen LogP contribution in [0.3, 0.4) is 0 Å². The molecular formula is C3H10N3+. The van der Waals surface area contributed by atoms with Crippen LogP contribution in [0, 0.1) is 0 Å². The molecule has 0 heterocycles. The lowest BCUT2D eigenvalue weighted by molar-refractivity contribution is -0.521. The minimum Gasteiger partial charge on any atom is -0.290 e. The van der Waals surface area contributed by atoms with Crippen molar-refractivity contribution < 1.29 is 5.10 Å². The lowest BCUT2D eigenvalue weighted by Crippen LogP contribution is -2.83. The van der Waals surface area contributed by atoms with Gasteiger partial charge in [-0.15, -0.1) is 0 Å². The molecule has 0 radical (unpaired) electrons. The number of hydrazone groups is 1. The van der Waals surface area contributed by atoms with E-state index in [1.54, 1.807) is 14.0 Å². The Hall–Kier alpha value is -0.730. The normalized spacial score (nSPS) is 11.3. The third-order valence-corrected chi connectivity index (χ3v) is 0.322. The SMILES string of the molecule is CN/[NH+]=C(/C)N. The van der Waals surface area contributed by atoms with Gasteiger partial charge in [0.2, 0.25) is 0 Å². The molecule has 0 saturated heterocycles. The Morgan fingerprint density at radius 1 is 1.83 bits per heavy atom. The monoisotopic (exact) mass is 88.1 g/mol. The average molecular weight is 88.1 g/mol. The molecule has 0 aromatic carbocycles. The summed E-state index contributed by atoms with van der Waals surface area (Å²) in [6, 6.07) is 0. The Kier molecular flexibility index (Phi) is 2.20. The molecule has 6 heavy (non-hydrogen) atoms. The quantitative estimate of drug-likeness (QED) is 0.190. The Labute approximate surface area is 37.2 Å². The Morgan fingerprint density at radius 3 is 2.33 bits per heavy atom. The first-order chi connectivity index (χ1) is 2.77. The van der Waals surface area contributed by atoms with Crippen LogP contribution in [0.25, 0.3) is 0 Å². The van der Waals surface area contributed by atoms with Crippen molar-refractivity contribution in [3.63, 3.8) is 0 Å². The zero-order valence-corrected chi connectivity index (χ0v) is 4.08. The number of hydrazine groups is 1. The number of hydrogen-bond donors (Lipinski definition) is 3. The van der Waals surface area contributed by atoms with Gasteiger partial charge in [-0.25, -0.2) is 0 Å². The predicted octanol–water partition coefficient (Wildman–Crippen LogP) is -2.42. The summed E-state index contributed by atoms with van der Waals surface area (Å²) in [5.41, 5.74) is 7.80. The molecule has 0 aromatic heterocycles. The maximum Gasteiger partial charge on any atom is 0.260 e. The van der Waals surface area contributed by atoms with Crippen molar-refractivity contribution in [3.8, 4) is 0 Å². The maximum atomic E-state index is 5.15. The third kappa shape index (κ3) is 3.27. The van der Waals surface area contributed by atoms with Crippen LogP contribution in [0.2, 0.25) is 0 Å². The van der Waals surface area contributed by atoms with Crippen molar-refractivity contribution in [3.05, 3.63) is 0 Å². The van der Waals surface area contributed by atoms with E-state index in [2.05, 4.69) is 10.5 Å². The third-order valence-electron chi connectivity index (χ3n) is 0.322. The summed E-state index contributed by atoms with van der Waals surface area (Å²) in [6.45, 7) is 1.77. The molecule has 0 aliphatic carbocycles. The number of nitrogens with two attached hydrogens (primary N) is 1. The van der Waals surface area contributed by atoms with Gasteiger partial charge in [0.1, 0.15) is 0 Å². The molecular weight excluding hydrogens is 78.1 g/mol. The van der Waals surface area contributed by atoms with E-state index in [0.29, 0.717) is 5.84 Å². The second kappa shape index (κ2) is 2.50. The van der Waals surface area contributed by atoms with Gasteiger partial charge in [0.05, 0.1) is 0 Å². The van der Waals surface area contributed by atoms with E-state index in [0.717, 1.165) is 0 Å². The number of hydrogen-bond acceptors (Lipinski definition) is 1. The molecule has 0 unspecified atom stereocenters. The summed E-state index contributed by atoms with van der Waals surface area (Å²) in [5.74, 6) is 0.678. The second-order valence-electron chi connectivity index (χ2n) is 1.06. The smallest absolute Gasteiger partial charge is 0.260 e. The van der Waals surface area contributed by atoms with Crippen molar-refractivity contribution in [2.75, 3.05) is 7.05 Å². The second-order valence-corrected chi connectivity index (χ2v) is 1.06. The van der Waals surface area contributed by atoms with Gasteiger partial charge in [0.15, 0.2) is 0 Å². The van der Waals surface area contributed by atoms with Gasteiger partial charge in [0.25, 0.3) is 5.84 Å². The van der Waals surface area contributed by atoms with E-state index in [-0.39, 0.29) is 0 Å². The first kappa shape index (κ1) is 5.27. The average Bonchev–Trinajstić information content (AvgIpc) is 1.35. The van der Waals surface area contributed by atoms with Crippen LogP contribution in [0.15, 0.2) is 0 Å². The summed E-state index contributed by atoms with van der Waals surface area (Å²) in [4.78, 5) is 0. The van der Waals surface area contributed by atoms with Crippen LogP contribution in [0.4, 0.5) is 0 Å². The van der Waals surface area contributed by atoms with E-state index in [9.17, 15) is 0 Å². The first-order valence-electron chi connectivity index (χ1n) is 1.79. The molecule has 3 heteroatoms. The highest BCUT2D eigenvalue weighted by Gasteiger charge is 1.75. The zero-order chi connectivity index (χ0) is 4.99. The van der Waals surface area contributed by atoms with E-state index in [4.69, 9.17) is 5.73 Å². The van der Waals surface area contributed by atoms with Gasteiger partial charge in [-0.3, -0.25) is 11.2 Å². The van der Waals surface area contributed by atoms with Crippen LogP contribution >= 0.6 is 0 Å². The fourth-order valence-electron chi connectivity index (χ4n) is 0.197. The largest absolute Gasteiger partial charge is 0.290 e. The van der Waals surface area contributed by atoms with E-state index < -0.39 is 0 Å². The lowest BCUT2D eigenvalue weighted by atomic mass is 10.7. The molecule has 0 saturated carbocycles. The highest BCUT2D eigenvalue weighted by atomic mass is 15.3. The molecule has 0 atom stereocenters. The zero-order valence-electron chi connectivity index (χ0n) is 4.08. The van der Waals surface area contributed by atoms with E-state index in [1.807, 2.05) is 0 Å². The van der Waals surface area contributed by atoms with Crippen molar-refractivity contribution in [1.29, 1.82) is 0 Å². The standard InChI is InChI=1S/C3H9N3/c1-3(4)6-5-2/h5H,1-2H3,(H2,4,6)/p+1. The minimum atomic E-state index is 0.678.